The summed E-state index contributed by atoms with van der Waals surface area (Å²) in [6.07, 6.45) is 0. The Balaban J connectivity index is 1.68. The third-order valence-electron chi connectivity index (χ3n) is 3.63. The third-order valence-corrected chi connectivity index (χ3v) is 5.18. The quantitative estimate of drug-likeness (QED) is 0.637. The average molecular weight is 396 g/mol. The van der Waals surface area contributed by atoms with Gasteiger partial charge in [0.15, 0.2) is 6.61 Å². The van der Waals surface area contributed by atoms with Crippen LogP contribution in [0.4, 0.5) is 14.5 Å². The Labute approximate surface area is 156 Å². The number of carbonyl (C=O) groups excluding carboxylic acids is 2. The summed E-state index contributed by atoms with van der Waals surface area (Å²) < 4.78 is 32.5. The van der Waals surface area contributed by atoms with Crippen molar-refractivity contribution in [3.8, 4) is 0 Å². The predicted octanol–water partition coefficient (Wildman–Crippen LogP) is 4.94. The maximum atomic E-state index is 13.9. The van der Waals surface area contributed by atoms with Gasteiger partial charge in [-0.3, -0.25) is 4.79 Å². The largest absolute Gasteiger partial charge is 0.451 e. The Morgan fingerprint density at radius 3 is 2.69 bits per heavy atom. The van der Waals surface area contributed by atoms with Gasteiger partial charge in [0, 0.05) is 10.1 Å². The number of hydrogen-bond donors (Lipinski definition) is 1. The number of nitrogens with one attached hydrogen (secondary N) is 1. The molecule has 0 radical (unpaired) electrons. The molecular formula is C18H12ClF2NO3S. The summed E-state index contributed by atoms with van der Waals surface area (Å²) in [5.41, 5.74) is 0.671. The zero-order valence-corrected chi connectivity index (χ0v) is 15.0. The molecule has 1 aromatic heterocycles. The summed E-state index contributed by atoms with van der Waals surface area (Å²) in [6, 6.07) is 8.08. The van der Waals surface area contributed by atoms with Crippen molar-refractivity contribution in [1.29, 1.82) is 0 Å². The molecule has 4 nitrogen and oxygen atoms in total. The molecule has 0 unspecified atom stereocenters. The number of carbonyl (C=O) groups is 2. The summed E-state index contributed by atoms with van der Waals surface area (Å²) in [5.74, 6) is -2.30. The van der Waals surface area contributed by atoms with Gasteiger partial charge in [0.2, 0.25) is 0 Å². The molecule has 0 spiro atoms. The summed E-state index contributed by atoms with van der Waals surface area (Å²) in [5, 5.41) is 2.82. The molecule has 0 aliphatic heterocycles. The maximum absolute atomic E-state index is 13.9. The molecule has 0 aliphatic carbocycles. The molecule has 0 bridgehead atoms. The Bertz CT molecular complexity index is 1020. The van der Waals surface area contributed by atoms with Crippen molar-refractivity contribution in [3.05, 3.63) is 63.5 Å². The van der Waals surface area contributed by atoms with E-state index in [2.05, 4.69) is 5.32 Å². The van der Waals surface area contributed by atoms with Crippen molar-refractivity contribution in [2.45, 2.75) is 6.92 Å². The predicted molar refractivity (Wildman–Crippen MR) is 96.8 cm³/mol. The molecule has 1 heterocycles. The standard InChI is InChI=1S/C18H12ClF2NO3S/c1-9-16-12(21)3-2-4-14(16)26-17(9)18(24)25-8-15(23)22-13-6-5-10(20)7-11(13)19/h2-7H,8H2,1H3,(H,22,23). The normalized spacial score (nSPS) is 10.8. The van der Waals surface area contributed by atoms with E-state index < -0.39 is 30.1 Å². The molecule has 1 N–H and O–H groups in total. The average Bonchev–Trinajstić information content (AvgIpc) is 2.93. The lowest BCUT2D eigenvalue weighted by molar-refractivity contribution is -0.119. The SMILES string of the molecule is Cc1c(C(=O)OCC(=O)Nc2ccc(F)cc2Cl)sc2cccc(F)c12. The van der Waals surface area contributed by atoms with Gasteiger partial charge in [-0.05, 0) is 42.8 Å². The van der Waals surface area contributed by atoms with E-state index in [4.69, 9.17) is 16.3 Å². The van der Waals surface area contributed by atoms with Crippen LogP contribution in [0, 0.1) is 18.6 Å². The van der Waals surface area contributed by atoms with Crippen molar-refractivity contribution in [2.75, 3.05) is 11.9 Å². The highest BCUT2D eigenvalue weighted by Crippen LogP contribution is 2.33. The highest BCUT2D eigenvalue weighted by atomic mass is 35.5. The lowest BCUT2D eigenvalue weighted by atomic mass is 10.1. The van der Waals surface area contributed by atoms with E-state index in [-0.39, 0.29) is 15.6 Å². The topological polar surface area (TPSA) is 55.4 Å². The first-order valence-electron chi connectivity index (χ1n) is 7.46. The molecule has 2 aromatic carbocycles. The van der Waals surface area contributed by atoms with Crippen LogP contribution in [0.1, 0.15) is 15.2 Å². The van der Waals surface area contributed by atoms with Crippen molar-refractivity contribution in [2.24, 2.45) is 0 Å². The van der Waals surface area contributed by atoms with E-state index in [0.717, 1.165) is 23.5 Å². The molecule has 1 amide bonds. The van der Waals surface area contributed by atoms with Crippen molar-refractivity contribution >= 4 is 50.6 Å². The minimum atomic E-state index is -0.719. The van der Waals surface area contributed by atoms with Crippen LogP contribution in [0.2, 0.25) is 5.02 Å². The second kappa shape index (κ2) is 7.39. The fourth-order valence-electron chi connectivity index (χ4n) is 2.42. The van der Waals surface area contributed by atoms with Gasteiger partial charge in [0.1, 0.15) is 16.5 Å². The highest BCUT2D eigenvalue weighted by Gasteiger charge is 2.20. The number of esters is 1. The summed E-state index contributed by atoms with van der Waals surface area (Å²) in [4.78, 5) is 24.4. The van der Waals surface area contributed by atoms with Gasteiger partial charge in [-0.1, -0.05) is 17.7 Å². The van der Waals surface area contributed by atoms with E-state index in [0.29, 0.717) is 15.6 Å². The molecule has 134 valence electrons. The van der Waals surface area contributed by atoms with Crippen molar-refractivity contribution in [1.82, 2.24) is 0 Å². The number of hydrogen-bond acceptors (Lipinski definition) is 4. The number of fused-ring (bicyclic) bond motifs is 1. The van der Waals surface area contributed by atoms with Gasteiger partial charge < -0.3 is 10.1 Å². The molecule has 3 aromatic rings. The van der Waals surface area contributed by atoms with E-state index in [9.17, 15) is 18.4 Å². The highest BCUT2D eigenvalue weighted by molar-refractivity contribution is 7.21. The Morgan fingerprint density at radius 2 is 2.00 bits per heavy atom. The minimum Gasteiger partial charge on any atom is -0.451 e. The van der Waals surface area contributed by atoms with Gasteiger partial charge in [-0.2, -0.15) is 0 Å². The lowest BCUT2D eigenvalue weighted by Crippen LogP contribution is -2.21. The van der Waals surface area contributed by atoms with E-state index >= 15 is 0 Å². The molecule has 0 fully saturated rings. The van der Waals surface area contributed by atoms with Gasteiger partial charge in [0.25, 0.3) is 5.91 Å². The molecular weight excluding hydrogens is 384 g/mol. The van der Waals surface area contributed by atoms with Crippen molar-refractivity contribution < 1.29 is 23.1 Å². The van der Waals surface area contributed by atoms with Crippen LogP contribution in [-0.4, -0.2) is 18.5 Å². The number of aryl methyl sites for hydroxylation is 1. The van der Waals surface area contributed by atoms with Crippen LogP contribution in [0.5, 0.6) is 0 Å². The van der Waals surface area contributed by atoms with Crippen LogP contribution in [0.15, 0.2) is 36.4 Å². The lowest BCUT2D eigenvalue weighted by Gasteiger charge is -2.08. The van der Waals surface area contributed by atoms with Crippen LogP contribution >= 0.6 is 22.9 Å². The minimum absolute atomic E-state index is 0.0282. The molecule has 26 heavy (non-hydrogen) atoms. The van der Waals surface area contributed by atoms with E-state index in [1.54, 1.807) is 19.1 Å². The Hall–Kier alpha value is -2.51. The second-order valence-electron chi connectivity index (χ2n) is 5.42. The summed E-state index contributed by atoms with van der Waals surface area (Å²) in [7, 11) is 0. The summed E-state index contributed by atoms with van der Waals surface area (Å²) >= 11 is 6.91. The number of halogens is 3. The van der Waals surface area contributed by atoms with Crippen LogP contribution < -0.4 is 5.32 Å². The molecule has 0 saturated carbocycles. The number of thiophene rings is 1. The molecule has 0 aliphatic rings. The first-order valence-corrected chi connectivity index (χ1v) is 8.66. The third kappa shape index (κ3) is 3.68. The fraction of sp³-hybridized carbons (Fsp3) is 0.111. The molecule has 8 heteroatoms. The monoisotopic (exact) mass is 395 g/mol. The first kappa shape index (κ1) is 18.3. The zero-order chi connectivity index (χ0) is 18.8. The van der Waals surface area contributed by atoms with Gasteiger partial charge in [0.05, 0.1) is 10.7 Å². The molecule has 0 saturated heterocycles. The number of anilines is 1. The van der Waals surface area contributed by atoms with Crippen LogP contribution in [-0.2, 0) is 9.53 Å². The van der Waals surface area contributed by atoms with Gasteiger partial charge in [-0.25, -0.2) is 13.6 Å². The summed E-state index contributed by atoms with van der Waals surface area (Å²) in [6.45, 7) is 1.07. The smallest absolute Gasteiger partial charge is 0.349 e. The second-order valence-corrected chi connectivity index (χ2v) is 6.88. The molecule has 3 rings (SSSR count). The number of rotatable bonds is 4. The van der Waals surface area contributed by atoms with E-state index in [1.165, 1.54) is 12.1 Å². The van der Waals surface area contributed by atoms with E-state index in [1.807, 2.05) is 0 Å². The Morgan fingerprint density at radius 1 is 1.23 bits per heavy atom. The number of ether oxygens (including phenoxy) is 1. The molecule has 0 atom stereocenters. The first-order chi connectivity index (χ1) is 12.4. The van der Waals surface area contributed by atoms with Gasteiger partial charge in [-0.15, -0.1) is 11.3 Å². The maximum Gasteiger partial charge on any atom is 0.349 e. The number of amides is 1. The van der Waals surface area contributed by atoms with Gasteiger partial charge >= 0.3 is 5.97 Å². The fourth-order valence-corrected chi connectivity index (χ4v) is 3.75. The van der Waals surface area contributed by atoms with Crippen molar-refractivity contribution in [3.63, 3.8) is 0 Å². The van der Waals surface area contributed by atoms with Crippen LogP contribution in [0.3, 0.4) is 0 Å². The zero-order valence-electron chi connectivity index (χ0n) is 13.4. The number of benzene rings is 2. The van der Waals surface area contributed by atoms with Crippen LogP contribution in [0.25, 0.3) is 10.1 Å². The Kier molecular flexibility index (Phi) is 5.20.